The minimum absolute atomic E-state index is 0.238. The maximum absolute atomic E-state index is 14.3. The lowest BCUT2D eigenvalue weighted by Gasteiger charge is -2.24. The van der Waals surface area contributed by atoms with Gasteiger partial charge in [0.2, 0.25) is 0 Å². The second-order valence-electron chi connectivity index (χ2n) is 4.68. The summed E-state index contributed by atoms with van der Waals surface area (Å²) in [6, 6.07) is 5.29. The number of allylic oxidation sites excluding steroid dienone is 3. The molecule has 0 aliphatic rings. The van der Waals surface area contributed by atoms with E-state index < -0.39 is 0 Å². The molecule has 108 valence electrons. The van der Waals surface area contributed by atoms with Crippen LogP contribution in [0.4, 0.5) is 10.1 Å². The number of aliphatic imine (C=N–C) groups is 1. The van der Waals surface area contributed by atoms with Crippen molar-refractivity contribution in [2.24, 2.45) is 4.99 Å². The van der Waals surface area contributed by atoms with Crippen LogP contribution < -0.4 is 4.90 Å². The molecule has 1 rings (SSSR count). The van der Waals surface area contributed by atoms with Crippen LogP contribution in [0.25, 0.3) is 5.57 Å². The van der Waals surface area contributed by atoms with Crippen molar-refractivity contribution in [2.75, 3.05) is 18.5 Å². The van der Waals surface area contributed by atoms with Crippen molar-refractivity contribution >= 4 is 17.5 Å². The van der Waals surface area contributed by atoms with E-state index in [1.807, 2.05) is 30.9 Å². The van der Waals surface area contributed by atoms with Gasteiger partial charge in [0.05, 0.1) is 0 Å². The average Bonchev–Trinajstić information content (AvgIpc) is 2.42. The summed E-state index contributed by atoms with van der Waals surface area (Å²) in [4.78, 5) is 5.98. The van der Waals surface area contributed by atoms with Gasteiger partial charge in [-0.15, -0.1) is 0 Å². The molecule has 0 heterocycles. The van der Waals surface area contributed by atoms with Crippen molar-refractivity contribution in [3.05, 3.63) is 47.9 Å². The highest BCUT2D eigenvalue weighted by atomic mass is 19.1. The molecular weight excluding hydrogens is 251 g/mol. The summed E-state index contributed by atoms with van der Waals surface area (Å²) in [5, 5.41) is 0. The second-order valence-corrected chi connectivity index (χ2v) is 4.68. The zero-order chi connectivity index (χ0) is 15.1. The van der Waals surface area contributed by atoms with Crippen LogP contribution in [-0.2, 0) is 0 Å². The van der Waals surface area contributed by atoms with Gasteiger partial charge >= 0.3 is 0 Å². The number of halogens is 1. The molecule has 0 unspecified atom stereocenters. The van der Waals surface area contributed by atoms with Crippen molar-refractivity contribution in [2.45, 2.75) is 27.2 Å². The molecular formula is C17H23FN2. The number of benzene rings is 1. The second kappa shape index (κ2) is 7.63. The van der Waals surface area contributed by atoms with Crippen LogP contribution in [0.15, 0.2) is 41.5 Å². The van der Waals surface area contributed by atoms with Crippen molar-refractivity contribution in [3.8, 4) is 0 Å². The van der Waals surface area contributed by atoms with Crippen LogP contribution >= 0.6 is 0 Å². The van der Waals surface area contributed by atoms with E-state index in [1.54, 1.807) is 25.4 Å². The van der Waals surface area contributed by atoms with E-state index in [0.29, 0.717) is 5.56 Å². The molecule has 0 spiro atoms. The summed E-state index contributed by atoms with van der Waals surface area (Å²) in [7, 11) is 1.68. The smallest absolute Gasteiger partial charge is 0.133 e. The summed E-state index contributed by atoms with van der Waals surface area (Å²) >= 11 is 0. The summed E-state index contributed by atoms with van der Waals surface area (Å²) < 4.78 is 14.3. The van der Waals surface area contributed by atoms with Crippen molar-refractivity contribution in [1.82, 2.24) is 0 Å². The van der Waals surface area contributed by atoms with Gasteiger partial charge in [-0.05, 0) is 44.0 Å². The number of hydrogen-bond acceptors (Lipinski definition) is 2. The van der Waals surface area contributed by atoms with Gasteiger partial charge in [-0.3, -0.25) is 4.99 Å². The highest BCUT2D eigenvalue weighted by Crippen LogP contribution is 2.25. The molecule has 20 heavy (non-hydrogen) atoms. The van der Waals surface area contributed by atoms with E-state index in [1.165, 1.54) is 0 Å². The van der Waals surface area contributed by atoms with Crippen LogP contribution in [-0.4, -0.2) is 19.8 Å². The van der Waals surface area contributed by atoms with Crippen LogP contribution in [0.1, 0.15) is 32.8 Å². The maximum atomic E-state index is 14.3. The Bertz CT molecular complexity index is 530. The van der Waals surface area contributed by atoms with Crippen molar-refractivity contribution in [1.29, 1.82) is 0 Å². The normalized spacial score (nSPS) is 11.9. The monoisotopic (exact) mass is 274 g/mol. The quantitative estimate of drug-likeness (QED) is 0.688. The van der Waals surface area contributed by atoms with E-state index in [9.17, 15) is 4.39 Å². The minimum atomic E-state index is -0.238. The molecule has 0 fully saturated rings. The Morgan fingerprint density at radius 3 is 2.60 bits per heavy atom. The van der Waals surface area contributed by atoms with Crippen LogP contribution in [0.5, 0.6) is 0 Å². The van der Waals surface area contributed by atoms with E-state index >= 15 is 0 Å². The lowest BCUT2D eigenvalue weighted by Crippen LogP contribution is -2.21. The Morgan fingerprint density at radius 2 is 2.15 bits per heavy atom. The summed E-state index contributed by atoms with van der Waals surface area (Å²) in [6.07, 6.45) is 4.51. The van der Waals surface area contributed by atoms with Gasteiger partial charge in [0.15, 0.2) is 0 Å². The fraction of sp³-hybridized carbons (Fsp3) is 0.353. The average molecular weight is 274 g/mol. The maximum Gasteiger partial charge on any atom is 0.133 e. The molecule has 1 aromatic rings. The molecule has 0 atom stereocenters. The van der Waals surface area contributed by atoms with Gasteiger partial charge in [0, 0.05) is 36.8 Å². The first kappa shape index (κ1) is 16.2. The van der Waals surface area contributed by atoms with E-state index in [-0.39, 0.29) is 5.82 Å². The standard InChI is InChI=1S/C17H23FN2/c1-6-10-20(13(3)4)15-8-9-16(17(18)11-15)14(7-2)12-19-5/h7-9,11-12H,3,6,10H2,1-2,4-5H3/b14-7+,19-12-. The molecule has 0 saturated heterocycles. The van der Waals surface area contributed by atoms with Crippen LogP contribution in [0, 0.1) is 5.82 Å². The first-order valence-electron chi connectivity index (χ1n) is 6.86. The first-order chi connectivity index (χ1) is 9.54. The molecule has 0 N–H and O–H groups in total. The predicted molar refractivity (Wildman–Crippen MR) is 86.9 cm³/mol. The summed E-state index contributed by atoms with van der Waals surface area (Å²) in [6.45, 7) is 10.7. The molecule has 0 aliphatic heterocycles. The molecule has 0 aromatic heterocycles. The highest BCUT2D eigenvalue weighted by Gasteiger charge is 2.11. The molecule has 3 heteroatoms. The molecule has 0 bridgehead atoms. The van der Waals surface area contributed by atoms with E-state index in [4.69, 9.17) is 0 Å². The third kappa shape index (κ3) is 3.80. The lowest BCUT2D eigenvalue weighted by atomic mass is 10.0. The van der Waals surface area contributed by atoms with Gasteiger partial charge in [0.25, 0.3) is 0 Å². The largest absolute Gasteiger partial charge is 0.346 e. The van der Waals surface area contributed by atoms with Gasteiger partial charge in [0.1, 0.15) is 5.82 Å². The molecule has 0 aliphatic carbocycles. The number of anilines is 1. The number of hydrogen-bond donors (Lipinski definition) is 0. The van der Waals surface area contributed by atoms with Crippen molar-refractivity contribution < 1.29 is 4.39 Å². The zero-order valence-corrected chi connectivity index (χ0v) is 12.8. The highest BCUT2D eigenvalue weighted by molar-refractivity contribution is 6.09. The Hall–Kier alpha value is -1.90. The lowest BCUT2D eigenvalue weighted by molar-refractivity contribution is 0.624. The fourth-order valence-electron chi connectivity index (χ4n) is 2.11. The zero-order valence-electron chi connectivity index (χ0n) is 12.8. The van der Waals surface area contributed by atoms with Gasteiger partial charge in [-0.2, -0.15) is 0 Å². The predicted octanol–water partition coefficient (Wildman–Crippen LogP) is 4.68. The fourth-order valence-corrected chi connectivity index (χ4v) is 2.11. The topological polar surface area (TPSA) is 15.6 Å². The molecule has 2 nitrogen and oxygen atoms in total. The van der Waals surface area contributed by atoms with Gasteiger partial charge in [-0.1, -0.05) is 19.6 Å². The SMILES string of the molecule is C=C(C)N(CCC)c1ccc(C(/C=N\C)=C/C)c(F)c1. The van der Waals surface area contributed by atoms with Crippen molar-refractivity contribution in [3.63, 3.8) is 0 Å². The molecule has 0 radical (unpaired) electrons. The molecule has 1 aromatic carbocycles. The van der Waals surface area contributed by atoms with E-state index in [2.05, 4.69) is 18.5 Å². The Balaban J connectivity index is 3.18. The third-order valence-electron chi connectivity index (χ3n) is 3.06. The molecule has 0 amide bonds. The molecule has 0 saturated carbocycles. The Kier molecular flexibility index (Phi) is 6.16. The van der Waals surface area contributed by atoms with Gasteiger partial charge < -0.3 is 4.90 Å². The Morgan fingerprint density at radius 1 is 1.45 bits per heavy atom. The minimum Gasteiger partial charge on any atom is -0.346 e. The van der Waals surface area contributed by atoms with E-state index in [0.717, 1.165) is 29.9 Å². The summed E-state index contributed by atoms with van der Waals surface area (Å²) in [5.41, 5.74) is 3.11. The third-order valence-corrected chi connectivity index (χ3v) is 3.06. The Labute approximate surface area is 121 Å². The van der Waals surface area contributed by atoms with Crippen LogP contribution in [0.3, 0.4) is 0 Å². The number of nitrogens with zero attached hydrogens (tertiary/aromatic N) is 2. The summed E-state index contributed by atoms with van der Waals surface area (Å²) in [5.74, 6) is -0.238. The first-order valence-corrected chi connectivity index (χ1v) is 6.86. The number of rotatable bonds is 6. The van der Waals surface area contributed by atoms with Gasteiger partial charge in [-0.25, -0.2) is 4.39 Å². The van der Waals surface area contributed by atoms with Crippen LogP contribution in [0.2, 0.25) is 0 Å².